The van der Waals surface area contributed by atoms with Gasteiger partial charge in [-0.15, -0.1) is 11.3 Å². The molecular weight excluding hydrogens is 274 g/mol. The van der Waals surface area contributed by atoms with Crippen molar-refractivity contribution >= 4 is 34.8 Å². The third-order valence-corrected chi connectivity index (χ3v) is 4.50. The number of likely N-dealkylation sites (tertiary alicyclic amines) is 1. The first-order valence-electron chi connectivity index (χ1n) is 5.70. The van der Waals surface area contributed by atoms with E-state index in [2.05, 4.69) is 0 Å². The van der Waals surface area contributed by atoms with Gasteiger partial charge in [-0.25, -0.2) is 0 Å². The number of nitrogens with zero attached hydrogens (tertiary/aromatic N) is 1. The molecule has 0 saturated carbocycles. The smallest absolute Gasteiger partial charge is 0.311 e. The van der Waals surface area contributed by atoms with Gasteiger partial charge >= 0.3 is 5.97 Å². The van der Waals surface area contributed by atoms with Crippen LogP contribution in [0.3, 0.4) is 0 Å². The Morgan fingerprint density at radius 2 is 2.22 bits per heavy atom. The van der Waals surface area contributed by atoms with Gasteiger partial charge in [0.2, 0.25) is 0 Å². The van der Waals surface area contributed by atoms with Gasteiger partial charge in [0, 0.05) is 13.1 Å². The molecule has 1 aliphatic heterocycles. The van der Waals surface area contributed by atoms with E-state index in [1.165, 1.54) is 11.3 Å². The number of halogens is 1. The molecule has 1 atom stereocenters. The number of rotatable bonds is 2. The van der Waals surface area contributed by atoms with E-state index in [9.17, 15) is 14.7 Å². The Labute approximate surface area is 114 Å². The molecule has 1 aromatic rings. The summed E-state index contributed by atoms with van der Waals surface area (Å²) in [7, 11) is 0. The molecule has 0 radical (unpaired) electrons. The molecule has 4 nitrogen and oxygen atoms in total. The lowest BCUT2D eigenvalue weighted by Crippen LogP contribution is -2.48. The summed E-state index contributed by atoms with van der Waals surface area (Å²) in [6, 6.07) is 3.36. The summed E-state index contributed by atoms with van der Waals surface area (Å²) in [6.45, 7) is 2.56. The summed E-state index contributed by atoms with van der Waals surface area (Å²) >= 11 is 7.03. The van der Waals surface area contributed by atoms with Crippen LogP contribution in [0.5, 0.6) is 0 Å². The molecule has 2 rings (SSSR count). The molecule has 18 heavy (non-hydrogen) atoms. The highest BCUT2D eigenvalue weighted by Gasteiger charge is 2.39. The maximum atomic E-state index is 12.2. The van der Waals surface area contributed by atoms with Gasteiger partial charge in [-0.2, -0.15) is 0 Å². The van der Waals surface area contributed by atoms with Crippen LogP contribution in [0.15, 0.2) is 12.1 Å². The van der Waals surface area contributed by atoms with Crippen molar-refractivity contribution in [2.75, 3.05) is 13.1 Å². The van der Waals surface area contributed by atoms with Crippen LogP contribution in [0.2, 0.25) is 4.34 Å². The summed E-state index contributed by atoms with van der Waals surface area (Å²) in [6.07, 6.45) is 1.32. The molecule has 1 amide bonds. The highest BCUT2D eigenvalue weighted by molar-refractivity contribution is 7.17. The van der Waals surface area contributed by atoms with Gasteiger partial charge in [0.1, 0.15) is 0 Å². The fraction of sp³-hybridized carbons (Fsp3) is 0.500. The van der Waals surface area contributed by atoms with Crippen molar-refractivity contribution in [1.82, 2.24) is 4.90 Å². The van der Waals surface area contributed by atoms with Crippen molar-refractivity contribution in [3.8, 4) is 0 Å². The van der Waals surface area contributed by atoms with Crippen LogP contribution in [0.25, 0.3) is 0 Å². The Bertz CT molecular complexity index is 487. The fourth-order valence-electron chi connectivity index (χ4n) is 2.17. The molecule has 1 unspecified atom stereocenters. The van der Waals surface area contributed by atoms with Gasteiger partial charge in [-0.05, 0) is 31.9 Å². The van der Waals surface area contributed by atoms with E-state index in [4.69, 9.17) is 11.6 Å². The lowest BCUT2D eigenvalue weighted by atomic mass is 9.82. The minimum Gasteiger partial charge on any atom is -0.481 e. The molecule has 1 saturated heterocycles. The first kappa shape index (κ1) is 13.4. The molecular formula is C12H14ClNO3S. The minimum atomic E-state index is -0.843. The van der Waals surface area contributed by atoms with Gasteiger partial charge in [-0.1, -0.05) is 11.6 Å². The van der Waals surface area contributed by atoms with Crippen LogP contribution < -0.4 is 0 Å². The zero-order valence-corrected chi connectivity index (χ0v) is 11.6. The summed E-state index contributed by atoms with van der Waals surface area (Å²) in [4.78, 5) is 25.6. The largest absolute Gasteiger partial charge is 0.481 e. The van der Waals surface area contributed by atoms with Gasteiger partial charge in [-0.3, -0.25) is 9.59 Å². The van der Waals surface area contributed by atoms with E-state index in [1.54, 1.807) is 24.0 Å². The summed E-state index contributed by atoms with van der Waals surface area (Å²) in [5.74, 6) is -0.969. The Balaban J connectivity index is 2.14. The van der Waals surface area contributed by atoms with Crippen LogP contribution in [-0.2, 0) is 4.79 Å². The van der Waals surface area contributed by atoms with Gasteiger partial charge in [0.05, 0.1) is 14.6 Å². The summed E-state index contributed by atoms with van der Waals surface area (Å²) < 4.78 is 0.566. The van der Waals surface area contributed by atoms with Crippen molar-refractivity contribution in [2.45, 2.75) is 19.8 Å². The first-order valence-corrected chi connectivity index (χ1v) is 6.90. The number of hydrogen-bond donors (Lipinski definition) is 1. The van der Waals surface area contributed by atoms with Crippen LogP contribution in [-0.4, -0.2) is 35.0 Å². The molecule has 1 aliphatic rings. The normalized spacial score (nSPS) is 24.0. The molecule has 0 spiro atoms. The Hall–Kier alpha value is -1.07. The van der Waals surface area contributed by atoms with Gasteiger partial charge in [0.15, 0.2) is 0 Å². The quantitative estimate of drug-likeness (QED) is 0.910. The van der Waals surface area contributed by atoms with E-state index in [0.29, 0.717) is 28.6 Å². The van der Waals surface area contributed by atoms with Crippen molar-refractivity contribution in [3.63, 3.8) is 0 Å². The number of aliphatic carboxylic acids is 1. The highest BCUT2D eigenvalue weighted by Crippen LogP contribution is 2.31. The van der Waals surface area contributed by atoms with Gasteiger partial charge < -0.3 is 10.0 Å². The molecule has 1 aromatic heterocycles. The van der Waals surface area contributed by atoms with Crippen molar-refractivity contribution in [3.05, 3.63) is 21.3 Å². The predicted molar refractivity (Wildman–Crippen MR) is 70.2 cm³/mol. The van der Waals surface area contributed by atoms with E-state index >= 15 is 0 Å². The SMILES string of the molecule is CC1(C(=O)O)CCCN(C(=O)c2ccc(Cl)s2)C1. The molecule has 1 fully saturated rings. The lowest BCUT2D eigenvalue weighted by molar-refractivity contribution is -0.150. The number of hydrogen-bond acceptors (Lipinski definition) is 3. The van der Waals surface area contributed by atoms with E-state index in [-0.39, 0.29) is 12.5 Å². The third-order valence-electron chi connectivity index (χ3n) is 3.28. The van der Waals surface area contributed by atoms with Crippen LogP contribution in [0.4, 0.5) is 0 Å². The Morgan fingerprint density at radius 1 is 1.50 bits per heavy atom. The lowest BCUT2D eigenvalue weighted by Gasteiger charge is -2.37. The van der Waals surface area contributed by atoms with E-state index in [1.807, 2.05) is 0 Å². The highest BCUT2D eigenvalue weighted by atomic mass is 35.5. The zero-order valence-electron chi connectivity index (χ0n) is 9.98. The third kappa shape index (κ3) is 2.52. The number of amides is 1. The number of carboxylic acid groups (broad SMARTS) is 1. The molecule has 6 heteroatoms. The first-order chi connectivity index (χ1) is 8.42. The van der Waals surface area contributed by atoms with Crippen molar-refractivity contribution in [1.29, 1.82) is 0 Å². The topological polar surface area (TPSA) is 57.6 Å². The van der Waals surface area contributed by atoms with Crippen LogP contribution in [0, 0.1) is 5.41 Å². The molecule has 1 N–H and O–H groups in total. The maximum Gasteiger partial charge on any atom is 0.311 e. The molecule has 2 heterocycles. The molecule has 0 aliphatic carbocycles. The number of carbonyl (C=O) groups excluding carboxylic acids is 1. The average Bonchev–Trinajstić information content (AvgIpc) is 2.75. The number of piperidine rings is 1. The second-order valence-electron chi connectivity index (χ2n) is 4.80. The maximum absolute atomic E-state index is 12.2. The number of thiophene rings is 1. The average molecular weight is 288 g/mol. The standard InChI is InChI=1S/C12H14ClNO3S/c1-12(11(16)17)5-2-6-14(7-12)10(15)8-3-4-9(13)18-8/h3-4H,2,5-7H2,1H3,(H,16,17). The summed E-state index contributed by atoms with van der Waals surface area (Å²) in [5.41, 5.74) is -0.838. The van der Waals surface area contributed by atoms with Crippen LogP contribution in [0.1, 0.15) is 29.4 Å². The Kier molecular flexibility index (Phi) is 3.64. The van der Waals surface area contributed by atoms with Crippen molar-refractivity contribution < 1.29 is 14.7 Å². The molecule has 0 aromatic carbocycles. The number of carbonyl (C=O) groups is 2. The predicted octanol–water partition coefficient (Wildman–Crippen LogP) is 2.73. The second-order valence-corrected chi connectivity index (χ2v) is 6.51. The zero-order chi connectivity index (χ0) is 13.3. The molecule has 98 valence electrons. The second kappa shape index (κ2) is 4.90. The monoisotopic (exact) mass is 287 g/mol. The minimum absolute atomic E-state index is 0.126. The van der Waals surface area contributed by atoms with Gasteiger partial charge in [0.25, 0.3) is 5.91 Å². The van der Waals surface area contributed by atoms with E-state index < -0.39 is 11.4 Å². The fourth-order valence-corrected chi connectivity index (χ4v) is 3.18. The summed E-state index contributed by atoms with van der Waals surface area (Å²) in [5, 5.41) is 9.22. The Morgan fingerprint density at radius 3 is 2.78 bits per heavy atom. The van der Waals surface area contributed by atoms with Crippen LogP contribution >= 0.6 is 22.9 Å². The molecule has 0 bridgehead atoms. The number of carboxylic acids is 1. The van der Waals surface area contributed by atoms with Crippen molar-refractivity contribution in [2.24, 2.45) is 5.41 Å². The van der Waals surface area contributed by atoms with E-state index in [0.717, 1.165) is 0 Å².